The van der Waals surface area contributed by atoms with Crippen molar-refractivity contribution >= 4 is 16.9 Å². The highest BCUT2D eigenvalue weighted by atomic mass is 19.1. The highest BCUT2D eigenvalue weighted by molar-refractivity contribution is 5.94. The normalized spacial score (nSPS) is 11.1. The van der Waals surface area contributed by atoms with Crippen LogP contribution < -0.4 is 10.5 Å². The van der Waals surface area contributed by atoms with Gasteiger partial charge in [-0.05, 0) is 29.8 Å². The molecule has 0 amide bonds. The van der Waals surface area contributed by atoms with Gasteiger partial charge in [-0.3, -0.25) is 4.79 Å². The number of furan rings is 1. The summed E-state index contributed by atoms with van der Waals surface area (Å²) in [5.41, 5.74) is 8.85. The predicted octanol–water partition coefficient (Wildman–Crippen LogP) is 4.44. The van der Waals surface area contributed by atoms with Gasteiger partial charge in [-0.1, -0.05) is 36.4 Å². The lowest BCUT2D eigenvalue weighted by Gasteiger charge is -2.13. The molecule has 4 rings (SSSR count). The first-order chi connectivity index (χ1) is 16.0. The predicted molar refractivity (Wildman–Crippen MR) is 122 cm³/mol. The van der Waals surface area contributed by atoms with E-state index in [0.29, 0.717) is 45.8 Å². The molecule has 6 nitrogen and oxygen atoms in total. The number of halogens is 1. The van der Waals surface area contributed by atoms with Gasteiger partial charge in [0, 0.05) is 40.6 Å². The largest absolute Gasteiger partial charge is 0.489 e. The van der Waals surface area contributed by atoms with Crippen LogP contribution in [-0.2, 0) is 30.8 Å². The minimum atomic E-state index is -0.945. The quantitative estimate of drug-likeness (QED) is 0.349. The number of hydrogen-bond acceptors (Lipinski definition) is 5. The zero-order valence-corrected chi connectivity index (χ0v) is 17.9. The van der Waals surface area contributed by atoms with Crippen LogP contribution in [0.4, 0.5) is 4.39 Å². The van der Waals surface area contributed by atoms with E-state index < -0.39 is 11.8 Å². The van der Waals surface area contributed by atoms with Crippen LogP contribution in [-0.4, -0.2) is 22.8 Å². The Balaban J connectivity index is 1.75. The van der Waals surface area contributed by atoms with E-state index in [0.717, 1.165) is 10.9 Å². The summed E-state index contributed by atoms with van der Waals surface area (Å²) >= 11 is 0. The van der Waals surface area contributed by atoms with E-state index in [1.807, 2.05) is 12.1 Å². The van der Waals surface area contributed by atoms with E-state index in [-0.39, 0.29) is 26.2 Å². The van der Waals surface area contributed by atoms with E-state index >= 15 is 4.39 Å². The smallest absolute Gasteiger partial charge is 0.307 e. The van der Waals surface area contributed by atoms with Gasteiger partial charge >= 0.3 is 5.97 Å². The Labute approximate surface area is 190 Å². The molecule has 0 radical (unpaired) electrons. The van der Waals surface area contributed by atoms with Crippen molar-refractivity contribution in [2.24, 2.45) is 5.73 Å². The fourth-order valence-corrected chi connectivity index (χ4v) is 3.85. The summed E-state index contributed by atoms with van der Waals surface area (Å²) in [7, 11) is 0. The Hall–Kier alpha value is -3.68. The molecule has 0 aliphatic heterocycles. The molecular formula is C26H24FNO5. The van der Waals surface area contributed by atoms with Gasteiger partial charge in [0.05, 0.1) is 13.0 Å². The highest BCUT2D eigenvalue weighted by Crippen LogP contribution is 2.35. The molecule has 0 saturated heterocycles. The third-order valence-electron chi connectivity index (χ3n) is 5.38. The van der Waals surface area contributed by atoms with Crippen LogP contribution in [0.15, 0.2) is 65.1 Å². The molecule has 3 aromatic carbocycles. The van der Waals surface area contributed by atoms with Gasteiger partial charge in [0.15, 0.2) is 0 Å². The van der Waals surface area contributed by atoms with Crippen molar-refractivity contribution in [3.05, 3.63) is 88.9 Å². The maximum Gasteiger partial charge on any atom is 0.307 e. The van der Waals surface area contributed by atoms with Gasteiger partial charge in [0.2, 0.25) is 0 Å². The van der Waals surface area contributed by atoms with Crippen LogP contribution in [0.5, 0.6) is 5.75 Å². The Morgan fingerprint density at radius 1 is 1.03 bits per heavy atom. The van der Waals surface area contributed by atoms with Gasteiger partial charge in [0.1, 0.15) is 29.5 Å². The lowest BCUT2D eigenvalue weighted by molar-refractivity contribution is -0.136. The first-order valence-corrected chi connectivity index (χ1v) is 10.6. The third-order valence-corrected chi connectivity index (χ3v) is 5.38. The zero-order chi connectivity index (χ0) is 23.4. The number of nitrogens with two attached hydrogens (primary N) is 1. The fourth-order valence-electron chi connectivity index (χ4n) is 3.85. The topological polar surface area (TPSA) is 106 Å². The van der Waals surface area contributed by atoms with Gasteiger partial charge < -0.3 is 25.1 Å². The summed E-state index contributed by atoms with van der Waals surface area (Å²) in [4.78, 5) is 11.2. The Bertz CT molecular complexity index is 1300. The Morgan fingerprint density at radius 3 is 2.58 bits per heavy atom. The number of aliphatic hydroxyl groups is 1. The van der Waals surface area contributed by atoms with Crippen molar-refractivity contribution < 1.29 is 28.6 Å². The van der Waals surface area contributed by atoms with E-state index in [1.54, 1.807) is 48.5 Å². The van der Waals surface area contributed by atoms with Crippen LogP contribution in [0, 0.1) is 5.82 Å². The lowest BCUT2D eigenvalue weighted by Crippen LogP contribution is -2.04. The molecule has 0 aliphatic rings. The van der Waals surface area contributed by atoms with Crippen LogP contribution in [0.25, 0.3) is 22.1 Å². The molecule has 0 saturated carbocycles. The molecule has 0 bridgehead atoms. The molecule has 33 heavy (non-hydrogen) atoms. The number of carbonyl (C=O) groups is 1. The van der Waals surface area contributed by atoms with Crippen molar-refractivity contribution in [1.29, 1.82) is 0 Å². The lowest BCUT2D eigenvalue weighted by atomic mass is 9.98. The fraction of sp³-hybridized carbons (Fsp3) is 0.192. The number of carboxylic acid groups (broad SMARTS) is 1. The Morgan fingerprint density at radius 2 is 1.82 bits per heavy atom. The van der Waals surface area contributed by atoms with Crippen molar-refractivity contribution in [3.63, 3.8) is 0 Å². The number of aliphatic hydroxyl groups excluding tert-OH is 1. The second-order valence-corrected chi connectivity index (χ2v) is 7.70. The van der Waals surface area contributed by atoms with Gasteiger partial charge in [0.25, 0.3) is 0 Å². The van der Waals surface area contributed by atoms with Crippen LogP contribution in [0.2, 0.25) is 0 Å². The van der Waals surface area contributed by atoms with E-state index in [2.05, 4.69) is 0 Å². The van der Waals surface area contributed by atoms with Crippen molar-refractivity contribution in [3.8, 4) is 16.9 Å². The first-order valence-electron chi connectivity index (χ1n) is 10.6. The number of aliphatic carboxylic acids is 1. The summed E-state index contributed by atoms with van der Waals surface area (Å²) in [5, 5.41) is 19.2. The number of fused-ring (bicyclic) bond motifs is 1. The number of hydrogen-bond donors (Lipinski definition) is 3. The molecular weight excluding hydrogens is 425 g/mol. The van der Waals surface area contributed by atoms with Gasteiger partial charge in [-0.25, -0.2) is 4.39 Å². The van der Waals surface area contributed by atoms with E-state index in [9.17, 15) is 9.90 Å². The summed E-state index contributed by atoms with van der Waals surface area (Å²) in [6, 6.07) is 17.5. The van der Waals surface area contributed by atoms with Crippen molar-refractivity contribution in [2.75, 3.05) is 6.61 Å². The maximum atomic E-state index is 15.1. The molecule has 170 valence electrons. The SMILES string of the molecule is NCc1cccc(-c2cc(COc3ccccc3CC(=O)O)cc3cc(CCO)oc23)c1F. The molecule has 1 aromatic heterocycles. The first kappa shape index (κ1) is 22.5. The number of benzene rings is 3. The minimum Gasteiger partial charge on any atom is -0.489 e. The van der Waals surface area contributed by atoms with E-state index in [1.165, 1.54) is 0 Å². The molecule has 0 unspecified atom stereocenters. The van der Waals surface area contributed by atoms with Crippen LogP contribution in [0.1, 0.15) is 22.5 Å². The number of carboxylic acids is 1. The maximum absolute atomic E-state index is 15.1. The summed E-state index contributed by atoms with van der Waals surface area (Å²) < 4.78 is 27.0. The minimum absolute atomic E-state index is 0.0670. The molecule has 0 atom stereocenters. The number of rotatable bonds is 9. The molecule has 4 N–H and O–H groups in total. The second-order valence-electron chi connectivity index (χ2n) is 7.70. The second kappa shape index (κ2) is 9.85. The van der Waals surface area contributed by atoms with Crippen LogP contribution >= 0.6 is 0 Å². The standard InChI is InChI=1S/C26H24FNO5/c27-25-18(14-28)5-3-6-21(25)22-11-16(10-19-12-20(8-9-29)33-26(19)22)15-32-23-7-2-1-4-17(23)13-24(30)31/h1-7,10-12,29H,8-9,13-15,28H2,(H,30,31). The Kier molecular flexibility index (Phi) is 6.72. The molecule has 0 aliphatic carbocycles. The van der Waals surface area contributed by atoms with Crippen molar-refractivity contribution in [1.82, 2.24) is 0 Å². The molecule has 1 heterocycles. The molecule has 4 aromatic rings. The van der Waals surface area contributed by atoms with Crippen LogP contribution in [0.3, 0.4) is 0 Å². The number of ether oxygens (including phenoxy) is 1. The average molecular weight is 449 g/mol. The highest BCUT2D eigenvalue weighted by Gasteiger charge is 2.17. The summed E-state index contributed by atoms with van der Waals surface area (Å²) in [6.45, 7) is 0.153. The molecule has 0 spiro atoms. The van der Waals surface area contributed by atoms with Crippen molar-refractivity contribution in [2.45, 2.75) is 26.0 Å². The summed E-state index contributed by atoms with van der Waals surface area (Å²) in [5.74, 6) is -0.286. The van der Waals surface area contributed by atoms with Gasteiger partial charge in [-0.15, -0.1) is 0 Å². The third kappa shape index (κ3) is 4.89. The monoisotopic (exact) mass is 449 g/mol. The van der Waals surface area contributed by atoms with E-state index in [4.69, 9.17) is 20.0 Å². The number of para-hydroxylation sites is 1. The zero-order valence-electron chi connectivity index (χ0n) is 17.9. The summed E-state index contributed by atoms with van der Waals surface area (Å²) in [6.07, 6.45) is 0.192. The van der Waals surface area contributed by atoms with Gasteiger partial charge in [-0.2, -0.15) is 0 Å². The molecule has 0 fully saturated rings. The molecule has 7 heteroatoms. The average Bonchev–Trinajstić information content (AvgIpc) is 3.20.